The quantitative estimate of drug-likeness (QED) is 0.771. The lowest BCUT2D eigenvalue weighted by Gasteiger charge is -2.35. The molecule has 1 aromatic rings. The third-order valence-electron chi connectivity index (χ3n) is 6.49. The van der Waals surface area contributed by atoms with Crippen LogP contribution in [-0.4, -0.2) is 45.3 Å². The van der Waals surface area contributed by atoms with Gasteiger partial charge in [-0.1, -0.05) is 0 Å². The molecule has 1 saturated carbocycles. The van der Waals surface area contributed by atoms with Crippen LogP contribution in [0, 0.1) is 5.41 Å². The normalized spacial score (nSPS) is 34.2. The number of aromatic nitrogens is 2. The van der Waals surface area contributed by atoms with Crippen LogP contribution in [0.1, 0.15) is 55.8 Å². The molecular weight excluding hydrogens is 347 g/mol. The van der Waals surface area contributed by atoms with Crippen LogP contribution in [0.3, 0.4) is 0 Å². The molecule has 3 fully saturated rings. The Labute approximate surface area is 151 Å². The summed E-state index contributed by atoms with van der Waals surface area (Å²) in [5.41, 5.74) is 0.550. The molecule has 0 aromatic carbocycles. The van der Waals surface area contributed by atoms with E-state index in [-0.39, 0.29) is 5.92 Å². The number of alkyl halides is 3. The van der Waals surface area contributed by atoms with E-state index < -0.39 is 11.9 Å². The SMILES string of the molecule is Cn1nc(C(F)(F)F)cc1C1CCC(N2CC[C@@]3(CCSC3)C2)CC1. The van der Waals surface area contributed by atoms with Gasteiger partial charge < -0.3 is 0 Å². The zero-order chi connectivity index (χ0) is 17.7. The molecule has 2 saturated heterocycles. The summed E-state index contributed by atoms with van der Waals surface area (Å²) in [6.45, 7) is 2.44. The van der Waals surface area contributed by atoms with Crippen molar-refractivity contribution in [1.82, 2.24) is 14.7 Å². The summed E-state index contributed by atoms with van der Waals surface area (Å²) in [6.07, 6.45) is 2.48. The van der Waals surface area contributed by atoms with Crippen LogP contribution in [0.25, 0.3) is 0 Å². The van der Waals surface area contributed by atoms with E-state index in [0.29, 0.717) is 11.5 Å². The molecule has 1 aromatic heterocycles. The molecule has 3 heterocycles. The first-order valence-corrected chi connectivity index (χ1v) is 10.4. The molecule has 0 bridgehead atoms. The third kappa shape index (κ3) is 3.46. The topological polar surface area (TPSA) is 21.1 Å². The average Bonchev–Trinajstić information content (AvgIpc) is 3.29. The summed E-state index contributed by atoms with van der Waals surface area (Å²) in [6, 6.07) is 1.88. The molecule has 3 nitrogen and oxygen atoms in total. The van der Waals surface area contributed by atoms with Gasteiger partial charge in [-0.05, 0) is 62.3 Å². The van der Waals surface area contributed by atoms with Gasteiger partial charge in [0, 0.05) is 37.0 Å². The Hall–Kier alpha value is -0.690. The summed E-state index contributed by atoms with van der Waals surface area (Å²) in [4.78, 5) is 2.67. The Kier molecular flexibility index (Phi) is 4.59. The van der Waals surface area contributed by atoms with Gasteiger partial charge in [0.2, 0.25) is 0 Å². The van der Waals surface area contributed by atoms with Crippen LogP contribution >= 0.6 is 11.8 Å². The highest BCUT2D eigenvalue weighted by Crippen LogP contribution is 2.46. The first-order chi connectivity index (χ1) is 11.9. The maximum absolute atomic E-state index is 12.9. The minimum atomic E-state index is -4.35. The smallest absolute Gasteiger partial charge is 0.300 e. The van der Waals surface area contributed by atoms with Crippen molar-refractivity contribution in [2.45, 2.75) is 56.7 Å². The number of nitrogens with zero attached hydrogens (tertiary/aromatic N) is 3. The van der Waals surface area contributed by atoms with Crippen LogP contribution in [-0.2, 0) is 13.2 Å². The van der Waals surface area contributed by atoms with Crippen LogP contribution in [0.2, 0.25) is 0 Å². The summed E-state index contributed by atoms with van der Waals surface area (Å²) < 4.78 is 40.1. The molecule has 7 heteroatoms. The van der Waals surface area contributed by atoms with Gasteiger partial charge in [-0.25, -0.2) is 0 Å². The second-order valence-corrected chi connectivity index (χ2v) is 9.21. The van der Waals surface area contributed by atoms with Crippen molar-refractivity contribution in [2.75, 3.05) is 24.6 Å². The maximum atomic E-state index is 12.9. The van der Waals surface area contributed by atoms with E-state index >= 15 is 0 Å². The zero-order valence-electron chi connectivity index (χ0n) is 14.7. The van der Waals surface area contributed by atoms with E-state index in [1.165, 1.54) is 48.2 Å². The van der Waals surface area contributed by atoms with Gasteiger partial charge >= 0.3 is 6.18 Å². The lowest BCUT2D eigenvalue weighted by atomic mass is 9.83. The van der Waals surface area contributed by atoms with E-state index in [2.05, 4.69) is 21.8 Å². The number of thioether (sulfide) groups is 1. The van der Waals surface area contributed by atoms with E-state index in [4.69, 9.17) is 0 Å². The molecule has 0 N–H and O–H groups in total. The Morgan fingerprint density at radius 3 is 2.56 bits per heavy atom. The molecule has 3 aliphatic rings. The second kappa shape index (κ2) is 6.48. The van der Waals surface area contributed by atoms with Crippen LogP contribution in [0.5, 0.6) is 0 Å². The van der Waals surface area contributed by atoms with Gasteiger partial charge in [-0.15, -0.1) is 0 Å². The van der Waals surface area contributed by atoms with Crippen molar-refractivity contribution < 1.29 is 13.2 Å². The molecule has 0 amide bonds. The second-order valence-electron chi connectivity index (χ2n) is 8.10. The van der Waals surface area contributed by atoms with Crippen LogP contribution in [0.15, 0.2) is 6.07 Å². The Balaban J connectivity index is 1.37. The fourth-order valence-electron chi connectivity index (χ4n) is 4.99. The molecule has 1 spiro atoms. The van der Waals surface area contributed by atoms with Crippen molar-refractivity contribution in [3.63, 3.8) is 0 Å². The first kappa shape index (κ1) is 17.7. The molecular formula is C18H26F3N3S. The van der Waals surface area contributed by atoms with Crippen molar-refractivity contribution in [1.29, 1.82) is 0 Å². The minimum absolute atomic E-state index is 0.212. The molecule has 4 rings (SSSR count). The van der Waals surface area contributed by atoms with E-state index in [1.54, 1.807) is 7.05 Å². The number of hydrogen-bond donors (Lipinski definition) is 0. The van der Waals surface area contributed by atoms with E-state index in [0.717, 1.165) is 31.4 Å². The van der Waals surface area contributed by atoms with Crippen LogP contribution in [0.4, 0.5) is 13.2 Å². The first-order valence-electron chi connectivity index (χ1n) is 9.29. The third-order valence-corrected chi connectivity index (χ3v) is 7.80. The molecule has 140 valence electrons. The van der Waals surface area contributed by atoms with Crippen LogP contribution < -0.4 is 0 Å². The summed E-state index contributed by atoms with van der Waals surface area (Å²) in [7, 11) is 1.64. The maximum Gasteiger partial charge on any atom is 0.435 e. The number of aryl methyl sites for hydroxylation is 1. The largest absolute Gasteiger partial charge is 0.435 e. The highest BCUT2D eigenvalue weighted by Gasteiger charge is 2.43. The Morgan fingerprint density at radius 2 is 1.96 bits per heavy atom. The fraction of sp³-hybridized carbons (Fsp3) is 0.833. The van der Waals surface area contributed by atoms with E-state index in [9.17, 15) is 13.2 Å². The summed E-state index contributed by atoms with van der Waals surface area (Å²) >= 11 is 2.09. The molecule has 1 aliphatic carbocycles. The summed E-state index contributed by atoms with van der Waals surface area (Å²) in [5.74, 6) is 2.83. The molecule has 1 atom stereocenters. The number of hydrogen-bond acceptors (Lipinski definition) is 3. The van der Waals surface area contributed by atoms with Crippen molar-refractivity contribution in [3.8, 4) is 0 Å². The standard InChI is InChI=1S/C18H26F3N3S/c1-23-15(10-16(22-23)18(19,20)21)13-2-4-14(5-3-13)24-8-6-17(11-24)7-9-25-12-17/h10,13-14H,2-9,11-12H2,1H3/t13?,14?,17-/m1/s1. The minimum Gasteiger partial charge on any atom is -0.300 e. The predicted molar refractivity (Wildman–Crippen MR) is 93.8 cm³/mol. The summed E-state index contributed by atoms with van der Waals surface area (Å²) in [5, 5.41) is 3.68. The predicted octanol–water partition coefficient (Wildman–Crippen LogP) is 4.29. The van der Waals surface area contributed by atoms with Crippen molar-refractivity contribution in [3.05, 3.63) is 17.5 Å². The number of rotatable bonds is 2. The number of likely N-dealkylation sites (tertiary alicyclic amines) is 1. The van der Waals surface area contributed by atoms with E-state index in [1.807, 2.05) is 0 Å². The molecule has 2 aliphatic heterocycles. The van der Waals surface area contributed by atoms with Gasteiger partial charge in [-0.3, -0.25) is 9.58 Å². The Bertz CT molecular complexity index is 614. The lowest BCUT2D eigenvalue weighted by Crippen LogP contribution is -2.38. The van der Waals surface area contributed by atoms with Gasteiger partial charge in [0.1, 0.15) is 0 Å². The van der Waals surface area contributed by atoms with Gasteiger partial charge in [0.05, 0.1) is 0 Å². The Morgan fingerprint density at radius 1 is 1.20 bits per heavy atom. The average molecular weight is 373 g/mol. The van der Waals surface area contributed by atoms with Crippen molar-refractivity contribution in [2.24, 2.45) is 12.5 Å². The highest BCUT2D eigenvalue weighted by atomic mass is 32.2. The van der Waals surface area contributed by atoms with Gasteiger partial charge in [0.15, 0.2) is 5.69 Å². The zero-order valence-corrected chi connectivity index (χ0v) is 15.5. The fourth-order valence-corrected chi connectivity index (χ4v) is 6.53. The lowest BCUT2D eigenvalue weighted by molar-refractivity contribution is -0.141. The highest BCUT2D eigenvalue weighted by molar-refractivity contribution is 7.99. The van der Waals surface area contributed by atoms with Gasteiger partial charge in [0.25, 0.3) is 0 Å². The monoisotopic (exact) mass is 373 g/mol. The van der Waals surface area contributed by atoms with Gasteiger partial charge in [-0.2, -0.15) is 30.0 Å². The molecule has 25 heavy (non-hydrogen) atoms. The molecule has 0 unspecified atom stereocenters. The number of halogens is 3. The van der Waals surface area contributed by atoms with Crippen molar-refractivity contribution >= 4 is 11.8 Å². The molecule has 0 radical (unpaired) electrons.